The van der Waals surface area contributed by atoms with Crippen LogP contribution in [0.2, 0.25) is 0 Å². The van der Waals surface area contributed by atoms with E-state index < -0.39 is 5.25 Å². The average molecular weight is 524 g/mol. The minimum atomic E-state index is -0.520. The molecule has 0 saturated carbocycles. The van der Waals surface area contributed by atoms with Gasteiger partial charge >= 0.3 is 0 Å². The SMILES string of the molecule is COc1cccc(NC(=O)CN(C)C(=O)c2ccc(NC(=O)C[C@H]3SC(N4CCCC4)=NC3=O)cc2)c1. The van der Waals surface area contributed by atoms with Crippen molar-refractivity contribution in [3.8, 4) is 5.75 Å². The molecule has 1 atom stereocenters. The third kappa shape index (κ3) is 6.88. The molecule has 11 heteroatoms. The van der Waals surface area contributed by atoms with E-state index >= 15 is 0 Å². The zero-order valence-corrected chi connectivity index (χ0v) is 21.5. The van der Waals surface area contributed by atoms with Crippen molar-refractivity contribution in [1.82, 2.24) is 9.80 Å². The number of benzene rings is 2. The first kappa shape index (κ1) is 26.2. The number of carbonyl (C=O) groups is 4. The van der Waals surface area contributed by atoms with Crippen LogP contribution in [-0.4, -0.2) is 77.6 Å². The van der Waals surface area contributed by atoms with Crippen LogP contribution in [0.3, 0.4) is 0 Å². The van der Waals surface area contributed by atoms with Gasteiger partial charge in [0, 0.05) is 49.6 Å². The molecule has 4 rings (SSSR count). The summed E-state index contributed by atoms with van der Waals surface area (Å²) in [6, 6.07) is 13.3. The molecule has 0 unspecified atom stereocenters. The summed E-state index contributed by atoms with van der Waals surface area (Å²) in [6.07, 6.45) is 2.20. The second-order valence-corrected chi connectivity index (χ2v) is 9.97. The molecule has 0 radical (unpaired) electrons. The maximum atomic E-state index is 12.8. The van der Waals surface area contributed by atoms with Gasteiger partial charge in [-0.25, -0.2) is 0 Å². The van der Waals surface area contributed by atoms with Crippen LogP contribution in [0.5, 0.6) is 5.75 Å². The number of likely N-dealkylation sites (N-methyl/N-ethyl adjacent to an activating group) is 1. The van der Waals surface area contributed by atoms with Gasteiger partial charge in [0.15, 0.2) is 5.17 Å². The van der Waals surface area contributed by atoms with Crippen LogP contribution in [0.1, 0.15) is 29.6 Å². The van der Waals surface area contributed by atoms with E-state index in [-0.39, 0.29) is 36.6 Å². The van der Waals surface area contributed by atoms with Crippen molar-refractivity contribution in [3.05, 3.63) is 54.1 Å². The van der Waals surface area contributed by atoms with Gasteiger partial charge in [0.2, 0.25) is 11.8 Å². The lowest BCUT2D eigenvalue weighted by molar-refractivity contribution is -0.121. The largest absolute Gasteiger partial charge is 0.497 e. The van der Waals surface area contributed by atoms with E-state index in [0.29, 0.717) is 27.9 Å². The van der Waals surface area contributed by atoms with Gasteiger partial charge in [-0.05, 0) is 49.2 Å². The molecule has 1 saturated heterocycles. The van der Waals surface area contributed by atoms with Gasteiger partial charge in [-0.1, -0.05) is 17.8 Å². The first-order valence-corrected chi connectivity index (χ1v) is 12.8. The molecule has 0 aromatic heterocycles. The molecule has 2 aromatic carbocycles. The van der Waals surface area contributed by atoms with Crippen LogP contribution in [0.4, 0.5) is 11.4 Å². The minimum Gasteiger partial charge on any atom is -0.497 e. The Morgan fingerprint density at radius 1 is 1.05 bits per heavy atom. The summed E-state index contributed by atoms with van der Waals surface area (Å²) in [5.41, 5.74) is 1.46. The molecule has 2 heterocycles. The molecule has 4 amide bonds. The van der Waals surface area contributed by atoms with E-state index in [1.54, 1.807) is 55.6 Å². The van der Waals surface area contributed by atoms with Crippen molar-refractivity contribution >= 4 is 51.9 Å². The van der Waals surface area contributed by atoms with Gasteiger partial charge in [-0.2, -0.15) is 4.99 Å². The van der Waals surface area contributed by atoms with Gasteiger partial charge in [0.05, 0.1) is 13.7 Å². The average Bonchev–Trinajstić information content (AvgIpc) is 3.54. The van der Waals surface area contributed by atoms with Crippen LogP contribution < -0.4 is 15.4 Å². The molecule has 2 aliphatic rings. The van der Waals surface area contributed by atoms with Gasteiger partial charge < -0.3 is 25.2 Å². The lowest BCUT2D eigenvalue weighted by Gasteiger charge is -2.17. The predicted octanol–water partition coefficient (Wildman–Crippen LogP) is 2.83. The number of carbonyl (C=O) groups excluding carboxylic acids is 4. The van der Waals surface area contributed by atoms with Crippen molar-refractivity contribution in [2.45, 2.75) is 24.5 Å². The maximum absolute atomic E-state index is 12.8. The highest BCUT2D eigenvalue weighted by atomic mass is 32.2. The molecule has 194 valence electrons. The minimum absolute atomic E-state index is 0.0240. The van der Waals surface area contributed by atoms with E-state index in [1.165, 1.54) is 23.7 Å². The summed E-state index contributed by atoms with van der Waals surface area (Å²) in [4.78, 5) is 57.4. The van der Waals surface area contributed by atoms with Gasteiger partial charge in [0.25, 0.3) is 11.8 Å². The Bertz CT molecular complexity index is 1210. The van der Waals surface area contributed by atoms with Gasteiger partial charge in [-0.15, -0.1) is 0 Å². The summed E-state index contributed by atoms with van der Waals surface area (Å²) >= 11 is 1.35. The lowest BCUT2D eigenvalue weighted by atomic mass is 10.1. The van der Waals surface area contributed by atoms with E-state index in [4.69, 9.17) is 4.74 Å². The van der Waals surface area contributed by atoms with E-state index in [9.17, 15) is 19.2 Å². The number of ether oxygens (including phenoxy) is 1. The molecular formula is C26H29N5O5S. The molecule has 1 fully saturated rings. The smallest absolute Gasteiger partial charge is 0.262 e. The Labute approximate surface area is 219 Å². The normalized spacial score (nSPS) is 16.8. The van der Waals surface area contributed by atoms with Crippen molar-refractivity contribution in [1.29, 1.82) is 0 Å². The zero-order chi connectivity index (χ0) is 26.4. The topological polar surface area (TPSA) is 120 Å². The number of methoxy groups -OCH3 is 1. The van der Waals surface area contributed by atoms with E-state index in [0.717, 1.165) is 25.9 Å². The predicted molar refractivity (Wildman–Crippen MR) is 143 cm³/mol. The van der Waals surface area contributed by atoms with Crippen LogP contribution >= 0.6 is 11.8 Å². The lowest BCUT2D eigenvalue weighted by Crippen LogP contribution is -2.34. The number of amides is 4. The number of nitrogens with one attached hydrogen (secondary N) is 2. The highest BCUT2D eigenvalue weighted by molar-refractivity contribution is 8.15. The molecule has 0 spiro atoms. The van der Waals surface area contributed by atoms with Gasteiger partial charge in [-0.3, -0.25) is 19.2 Å². The first-order valence-electron chi connectivity index (χ1n) is 12.0. The second kappa shape index (κ2) is 11.9. The fourth-order valence-electron chi connectivity index (χ4n) is 4.04. The van der Waals surface area contributed by atoms with Crippen molar-refractivity contribution in [2.75, 3.05) is 44.4 Å². The highest BCUT2D eigenvalue weighted by Crippen LogP contribution is 2.29. The summed E-state index contributed by atoms with van der Waals surface area (Å²) in [6.45, 7) is 1.65. The fourth-order valence-corrected chi connectivity index (χ4v) is 5.16. The van der Waals surface area contributed by atoms with Crippen LogP contribution in [0.25, 0.3) is 0 Å². The number of hydrogen-bond donors (Lipinski definition) is 2. The Kier molecular flexibility index (Phi) is 8.44. The third-order valence-electron chi connectivity index (χ3n) is 5.97. The highest BCUT2D eigenvalue weighted by Gasteiger charge is 2.33. The van der Waals surface area contributed by atoms with E-state index in [2.05, 4.69) is 20.5 Å². The number of rotatable bonds is 8. The molecule has 2 aliphatic heterocycles. The van der Waals surface area contributed by atoms with Crippen LogP contribution in [-0.2, 0) is 14.4 Å². The van der Waals surface area contributed by atoms with Crippen molar-refractivity contribution in [3.63, 3.8) is 0 Å². The molecule has 2 N–H and O–H groups in total. The summed E-state index contributed by atoms with van der Waals surface area (Å²) in [5.74, 6) is -0.638. The molecular weight excluding hydrogens is 494 g/mol. The number of thioether (sulfide) groups is 1. The Morgan fingerprint density at radius 2 is 1.76 bits per heavy atom. The fraction of sp³-hybridized carbons (Fsp3) is 0.346. The molecule has 37 heavy (non-hydrogen) atoms. The first-order chi connectivity index (χ1) is 17.8. The van der Waals surface area contributed by atoms with E-state index in [1.807, 2.05) is 0 Å². The molecule has 0 bridgehead atoms. The van der Waals surface area contributed by atoms with Gasteiger partial charge in [0.1, 0.15) is 11.0 Å². The Morgan fingerprint density at radius 3 is 2.46 bits per heavy atom. The standard InChI is InChI=1S/C26H29N5O5S/c1-30(16-23(33)28-19-6-5-7-20(14-19)36-2)25(35)17-8-10-18(11-9-17)27-22(32)15-21-24(34)29-26(37-21)31-12-3-4-13-31/h5-11,14,21H,3-4,12-13,15-16H2,1-2H3,(H,27,32)(H,28,33)/t21-/m1/s1. The second-order valence-electron chi connectivity index (χ2n) is 8.80. The molecule has 10 nitrogen and oxygen atoms in total. The number of amidine groups is 1. The summed E-state index contributed by atoms with van der Waals surface area (Å²) < 4.78 is 5.14. The summed E-state index contributed by atoms with van der Waals surface area (Å²) in [5, 5.41) is 5.70. The number of nitrogens with zero attached hydrogens (tertiary/aromatic N) is 3. The molecule has 0 aliphatic carbocycles. The quantitative estimate of drug-likeness (QED) is 0.546. The van der Waals surface area contributed by atoms with Crippen molar-refractivity contribution < 1.29 is 23.9 Å². The van der Waals surface area contributed by atoms with Crippen molar-refractivity contribution in [2.24, 2.45) is 4.99 Å². The van der Waals surface area contributed by atoms with Crippen LogP contribution in [0.15, 0.2) is 53.5 Å². The monoisotopic (exact) mass is 523 g/mol. The number of likely N-dealkylation sites (tertiary alicyclic amines) is 1. The Balaban J connectivity index is 1.25. The summed E-state index contributed by atoms with van der Waals surface area (Å²) in [7, 11) is 3.08. The van der Waals surface area contributed by atoms with Crippen LogP contribution in [0, 0.1) is 0 Å². The number of anilines is 2. The zero-order valence-electron chi connectivity index (χ0n) is 20.7. The third-order valence-corrected chi connectivity index (χ3v) is 7.19. The number of hydrogen-bond acceptors (Lipinski definition) is 7. The number of aliphatic imine (C=N–C) groups is 1. The Hall–Kier alpha value is -3.86. The molecule has 2 aromatic rings. The maximum Gasteiger partial charge on any atom is 0.262 e.